The van der Waals surface area contributed by atoms with Crippen LogP contribution in [0, 0.1) is 6.92 Å². The van der Waals surface area contributed by atoms with E-state index in [0.29, 0.717) is 17.0 Å². The summed E-state index contributed by atoms with van der Waals surface area (Å²) in [5.74, 6) is -0.147. The maximum atomic E-state index is 12.5. The van der Waals surface area contributed by atoms with Crippen LogP contribution in [-0.4, -0.2) is 23.3 Å². The van der Waals surface area contributed by atoms with Crippen LogP contribution in [0.3, 0.4) is 0 Å². The number of hydrogen-bond donors (Lipinski definition) is 3. The molecule has 28 heavy (non-hydrogen) atoms. The van der Waals surface area contributed by atoms with E-state index in [0.717, 1.165) is 22.0 Å². The van der Waals surface area contributed by atoms with Crippen molar-refractivity contribution in [3.05, 3.63) is 70.7 Å². The number of carbonyl (C=O) groups excluding carboxylic acids is 1. The molecule has 0 aliphatic rings. The summed E-state index contributed by atoms with van der Waals surface area (Å²) in [5.41, 5.74) is 4.93. The van der Waals surface area contributed by atoms with Crippen molar-refractivity contribution in [2.45, 2.75) is 26.3 Å². The lowest BCUT2D eigenvalue weighted by atomic mass is 10.0. The van der Waals surface area contributed by atoms with Gasteiger partial charge >= 0.3 is 0 Å². The van der Waals surface area contributed by atoms with Crippen molar-refractivity contribution in [2.75, 3.05) is 5.32 Å². The molecule has 3 aromatic carbocycles. The largest absolute Gasteiger partial charge is 0.507 e. The Kier molecular flexibility index (Phi) is 6.16. The summed E-state index contributed by atoms with van der Waals surface area (Å²) in [5, 5.41) is 19.9. The zero-order chi connectivity index (χ0) is 20.1. The highest BCUT2D eigenvalue weighted by Crippen LogP contribution is 2.25. The third-order valence-corrected chi connectivity index (χ3v) is 4.79. The van der Waals surface area contributed by atoms with Gasteiger partial charge in [0.2, 0.25) is 0 Å². The smallest absolute Gasteiger partial charge is 0.262 e. The number of amides is 1. The fraction of sp³-hybridized carbons (Fsp3) is 0.182. The third kappa shape index (κ3) is 4.43. The molecule has 0 aromatic heterocycles. The van der Waals surface area contributed by atoms with E-state index in [4.69, 9.17) is 11.6 Å². The number of rotatable bonds is 6. The number of hydrazone groups is 1. The first-order valence-corrected chi connectivity index (χ1v) is 9.43. The maximum absolute atomic E-state index is 12.5. The predicted molar refractivity (Wildman–Crippen MR) is 115 cm³/mol. The van der Waals surface area contributed by atoms with Crippen LogP contribution in [-0.2, 0) is 4.79 Å². The Hall–Kier alpha value is -3.05. The number of phenolic OH excluding ortho intramolecular Hbond substituents is 1. The second-order valence-electron chi connectivity index (χ2n) is 6.52. The summed E-state index contributed by atoms with van der Waals surface area (Å²) in [6.07, 6.45) is 2.05. The Labute approximate surface area is 169 Å². The molecule has 0 bridgehead atoms. The first-order chi connectivity index (χ1) is 13.5. The molecule has 0 aliphatic carbocycles. The second kappa shape index (κ2) is 8.76. The van der Waals surface area contributed by atoms with E-state index >= 15 is 0 Å². The highest BCUT2D eigenvalue weighted by Gasteiger charge is 2.16. The van der Waals surface area contributed by atoms with Crippen molar-refractivity contribution < 1.29 is 9.90 Å². The Morgan fingerprint density at radius 3 is 2.75 bits per heavy atom. The maximum Gasteiger partial charge on any atom is 0.262 e. The predicted octanol–water partition coefficient (Wildman–Crippen LogP) is 4.85. The quantitative estimate of drug-likeness (QED) is 0.412. The van der Waals surface area contributed by atoms with Crippen LogP contribution in [0.5, 0.6) is 5.75 Å². The van der Waals surface area contributed by atoms with Crippen molar-refractivity contribution in [1.29, 1.82) is 0 Å². The Morgan fingerprint density at radius 2 is 2.00 bits per heavy atom. The third-order valence-electron chi connectivity index (χ3n) is 4.56. The lowest BCUT2D eigenvalue weighted by Crippen LogP contribution is -2.37. The number of fused-ring (bicyclic) bond motifs is 1. The Bertz CT molecular complexity index is 1030. The summed E-state index contributed by atoms with van der Waals surface area (Å²) in [4.78, 5) is 12.5. The summed E-state index contributed by atoms with van der Waals surface area (Å²) in [7, 11) is 0. The lowest BCUT2D eigenvalue weighted by molar-refractivity contribution is -0.121. The van der Waals surface area contributed by atoms with Gasteiger partial charge in [-0.15, -0.1) is 0 Å². The fourth-order valence-corrected chi connectivity index (χ4v) is 3.21. The topological polar surface area (TPSA) is 73.7 Å². The zero-order valence-corrected chi connectivity index (χ0v) is 16.5. The van der Waals surface area contributed by atoms with Gasteiger partial charge in [0.1, 0.15) is 11.8 Å². The van der Waals surface area contributed by atoms with Crippen LogP contribution in [0.2, 0.25) is 5.02 Å². The minimum absolute atomic E-state index is 0.110. The molecule has 0 heterocycles. The van der Waals surface area contributed by atoms with Crippen LogP contribution in [0.15, 0.2) is 59.7 Å². The van der Waals surface area contributed by atoms with Crippen LogP contribution in [0.4, 0.5) is 5.69 Å². The van der Waals surface area contributed by atoms with E-state index in [1.807, 2.05) is 56.3 Å². The monoisotopic (exact) mass is 395 g/mol. The highest BCUT2D eigenvalue weighted by atomic mass is 35.5. The van der Waals surface area contributed by atoms with Crippen molar-refractivity contribution in [1.82, 2.24) is 5.43 Å². The second-order valence-corrected chi connectivity index (χ2v) is 6.95. The zero-order valence-electron chi connectivity index (χ0n) is 15.7. The SMILES string of the molecule is CC[C@@H](Nc1ccc(Cl)cc1C)C(=O)N/N=C\c1c(O)ccc2ccccc12. The van der Waals surface area contributed by atoms with Gasteiger partial charge in [0, 0.05) is 16.3 Å². The van der Waals surface area contributed by atoms with Gasteiger partial charge in [0.15, 0.2) is 0 Å². The van der Waals surface area contributed by atoms with E-state index in [1.54, 1.807) is 12.1 Å². The van der Waals surface area contributed by atoms with Crippen molar-refractivity contribution >= 4 is 40.2 Å². The number of phenols is 1. The van der Waals surface area contributed by atoms with Gasteiger partial charge in [-0.2, -0.15) is 5.10 Å². The van der Waals surface area contributed by atoms with E-state index in [9.17, 15) is 9.90 Å². The molecule has 0 aliphatic heterocycles. The van der Waals surface area contributed by atoms with E-state index in [1.165, 1.54) is 6.21 Å². The van der Waals surface area contributed by atoms with Crippen molar-refractivity contribution in [2.24, 2.45) is 5.10 Å². The van der Waals surface area contributed by atoms with Gasteiger partial charge in [-0.3, -0.25) is 4.79 Å². The number of nitrogens with zero attached hydrogens (tertiary/aromatic N) is 1. The first-order valence-electron chi connectivity index (χ1n) is 9.06. The molecule has 1 atom stereocenters. The minimum Gasteiger partial charge on any atom is -0.507 e. The molecule has 3 rings (SSSR count). The first kappa shape index (κ1) is 19.7. The molecule has 6 heteroatoms. The normalized spacial score (nSPS) is 12.2. The number of halogens is 1. The van der Waals surface area contributed by atoms with Crippen molar-refractivity contribution in [3.63, 3.8) is 0 Å². The number of benzene rings is 3. The molecule has 0 fully saturated rings. The highest BCUT2D eigenvalue weighted by molar-refractivity contribution is 6.30. The number of anilines is 1. The van der Waals surface area contributed by atoms with Gasteiger partial charge in [0.25, 0.3) is 5.91 Å². The van der Waals surface area contributed by atoms with Gasteiger partial charge < -0.3 is 10.4 Å². The Balaban J connectivity index is 1.73. The van der Waals surface area contributed by atoms with Gasteiger partial charge in [0.05, 0.1) is 6.21 Å². The molecule has 0 saturated carbocycles. The lowest BCUT2D eigenvalue weighted by Gasteiger charge is -2.18. The van der Waals surface area contributed by atoms with E-state index in [-0.39, 0.29) is 11.7 Å². The summed E-state index contributed by atoms with van der Waals surface area (Å²) >= 11 is 5.98. The molecular formula is C22H22ClN3O2. The van der Waals surface area contributed by atoms with Crippen molar-refractivity contribution in [3.8, 4) is 5.75 Å². The molecule has 1 amide bonds. The molecule has 3 aromatic rings. The fourth-order valence-electron chi connectivity index (χ4n) is 2.99. The average molecular weight is 396 g/mol. The molecule has 0 radical (unpaired) electrons. The number of aryl methyl sites for hydroxylation is 1. The molecule has 5 nitrogen and oxygen atoms in total. The van der Waals surface area contributed by atoms with Crippen LogP contribution >= 0.6 is 11.6 Å². The van der Waals surface area contributed by atoms with E-state index in [2.05, 4.69) is 15.8 Å². The Morgan fingerprint density at radius 1 is 1.21 bits per heavy atom. The minimum atomic E-state index is -0.446. The van der Waals surface area contributed by atoms with Crippen LogP contribution < -0.4 is 10.7 Å². The number of hydrogen-bond acceptors (Lipinski definition) is 4. The average Bonchev–Trinajstić information content (AvgIpc) is 2.69. The molecule has 3 N–H and O–H groups in total. The summed E-state index contributed by atoms with van der Waals surface area (Å²) in [6, 6.07) is 16.2. The van der Waals surface area contributed by atoms with E-state index < -0.39 is 6.04 Å². The van der Waals surface area contributed by atoms with Crippen LogP contribution in [0.25, 0.3) is 10.8 Å². The summed E-state index contributed by atoms with van der Waals surface area (Å²) in [6.45, 7) is 3.85. The molecule has 144 valence electrons. The van der Waals surface area contributed by atoms with Crippen LogP contribution in [0.1, 0.15) is 24.5 Å². The molecule has 0 spiro atoms. The molecule has 0 unspecified atom stereocenters. The standard InChI is InChI=1S/C22H22ClN3O2/c1-3-19(25-20-10-9-16(23)12-14(20)2)22(28)26-24-13-18-17-7-5-4-6-15(17)8-11-21(18)27/h4-13,19,25,27H,3H2,1-2H3,(H,26,28)/b24-13-/t19-/m1/s1. The number of nitrogens with one attached hydrogen (secondary N) is 2. The van der Waals surface area contributed by atoms with Gasteiger partial charge in [-0.05, 0) is 53.9 Å². The van der Waals surface area contributed by atoms with Gasteiger partial charge in [-0.1, -0.05) is 48.9 Å². The molecular weight excluding hydrogens is 374 g/mol. The summed E-state index contributed by atoms with van der Waals surface area (Å²) < 4.78 is 0. The number of aromatic hydroxyl groups is 1. The molecule has 0 saturated heterocycles. The number of carbonyl (C=O) groups is 1. The van der Waals surface area contributed by atoms with Gasteiger partial charge in [-0.25, -0.2) is 5.43 Å².